The molecule has 116 valence electrons. The molecule has 3 atom stereocenters. The maximum atomic E-state index is 6.60. The van der Waals surface area contributed by atoms with Crippen molar-refractivity contribution < 1.29 is 14.2 Å². The van der Waals surface area contributed by atoms with Crippen molar-refractivity contribution in [3.63, 3.8) is 0 Å². The third-order valence-corrected chi connectivity index (χ3v) is 4.23. The molecule has 21 heavy (non-hydrogen) atoms. The summed E-state index contributed by atoms with van der Waals surface area (Å²) in [5.74, 6) is 1.61. The minimum absolute atomic E-state index is 0.0571. The van der Waals surface area contributed by atoms with Gasteiger partial charge in [0.25, 0.3) is 0 Å². The first-order valence-corrected chi connectivity index (χ1v) is 7.97. The number of halogens is 1. The Morgan fingerprint density at radius 1 is 1.14 bits per heavy atom. The predicted molar refractivity (Wildman–Crippen MR) is 82.5 cm³/mol. The van der Waals surface area contributed by atoms with Crippen LogP contribution >= 0.6 is 11.6 Å². The molecule has 5 heteroatoms. The van der Waals surface area contributed by atoms with Crippen LogP contribution in [0.3, 0.4) is 0 Å². The molecular formula is C16H22ClNO3. The van der Waals surface area contributed by atoms with E-state index in [0.29, 0.717) is 13.2 Å². The van der Waals surface area contributed by atoms with Crippen LogP contribution in [0, 0.1) is 0 Å². The molecule has 3 unspecified atom stereocenters. The van der Waals surface area contributed by atoms with Gasteiger partial charge in [-0.15, -0.1) is 11.6 Å². The quantitative estimate of drug-likeness (QED) is 0.803. The van der Waals surface area contributed by atoms with Crippen LogP contribution in [0.5, 0.6) is 11.5 Å². The van der Waals surface area contributed by atoms with E-state index in [2.05, 4.69) is 18.7 Å². The van der Waals surface area contributed by atoms with Gasteiger partial charge in [0, 0.05) is 19.6 Å². The maximum Gasteiger partial charge on any atom is 0.161 e. The number of alkyl halides is 1. The molecule has 2 heterocycles. The van der Waals surface area contributed by atoms with Crippen molar-refractivity contribution in [1.82, 2.24) is 4.90 Å². The van der Waals surface area contributed by atoms with Gasteiger partial charge in [-0.2, -0.15) is 0 Å². The van der Waals surface area contributed by atoms with E-state index in [1.807, 2.05) is 18.2 Å². The van der Waals surface area contributed by atoms with Crippen molar-refractivity contribution in [2.75, 3.05) is 32.8 Å². The summed E-state index contributed by atoms with van der Waals surface area (Å²) in [6.07, 6.45) is 0.524. The summed E-state index contributed by atoms with van der Waals surface area (Å²) >= 11 is 6.60. The molecule has 2 aliphatic rings. The fourth-order valence-corrected chi connectivity index (χ4v) is 3.35. The molecule has 1 aromatic rings. The molecular weight excluding hydrogens is 290 g/mol. The van der Waals surface area contributed by atoms with E-state index < -0.39 is 0 Å². The number of benzene rings is 1. The third-order valence-electron chi connectivity index (χ3n) is 3.84. The Morgan fingerprint density at radius 3 is 2.52 bits per heavy atom. The van der Waals surface area contributed by atoms with Crippen LogP contribution in [0.1, 0.15) is 24.8 Å². The molecule has 1 saturated heterocycles. The fourth-order valence-electron chi connectivity index (χ4n) is 3.02. The van der Waals surface area contributed by atoms with Crippen molar-refractivity contribution in [3.8, 4) is 11.5 Å². The minimum atomic E-state index is -0.0571. The molecule has 2 aliphatic heterocycles. The van der Waals surface area contributed by atoms with Crippen LogP contribution in [-0.4, -0.2) is 50.0 Å². The molecule has 0 amide bonds. The molecule has 0 spiro atoms. The third kappa shape index (κ3) is 3.62. The Morgan fingerprint density at radius 2 is 1.81 bits per heavy atom. The highest BCUT2D eigenvalue weighted by molar-refractivity contribution is 6.21. The predicted octanol–water partition coefficient (Wildman–Crippen LogP) is 2.85. The second kappa shape index (κ2) is 6.42. The Kier molecular flexibility index (Phi) is 4.57. The van der Waals surface area contributed by atoms with E-state index in [9.17, 15) is 0 Å². The Hall–Kier alpha value is -0.970. The molecule has 1 fully saturated rings. The van der Waals surface area contributed by atoms with Gasteiger partial charge in [0.05, 0.1) is 17.6 Å². The van der Waals surface area contributed by atoms with Gasteiger partial charge in [0.1, 0.15) is 13.2 Å². The van der Waals surface area contributed by atoms with Crippen LogP contribution < -0.4 is 9.47 Å². The van der Waals surface area contributed by atoms with Crippen molar-refractivity contribution in [2.24, 2.45) is 0 Å². The molecule has 0 N–H and O–H groups in total. The van der Waals surface area contributed by atoms with Crippen LogP contribution in [0.2, 0.25) is 0 Å². The molecule has 0 aromatic heterocycles. The van der Waals surface area contributed by atoms with Crippen molar-refractivity contribution in [2.45, 2.75) is 31.4 Å². The molecule has 3 rings (SSSR count). The summed E-state index contributed by atoms with van der Waals surface area (Å²) in [4.78, 5) is 2.37. The maximum absolute atomic E-state index is 6.60. The summed E-state index contributed by atoms with van der Waals surface area (Å²) < 4.78 is 16.9. The average Bonchev–Trinajstić information content (AvgIpc) is 2.45. The molecule has 0 aliphatic carbocycles. The van der Waals surface area contributed by atoms with Gasteiger partial charge in [-0.3, -0.25) is 4.90 Å². The first-order chi connectivity index (χ1) is 10.1. The lowest BCUT2D eigenvalue weighted by Crippen LogP contribution is -2.46. The van der Waals surface area contributed by atoms with Gasteiger partial charge in [0.2, 0.25) is 0 Å². The fraction of sp³-hybridized carbons (Fsp3) is 0.625. The molecule has 0 bridgehead atoms. The van der Waals surface area contributed by atoms with Crippen molar-refractivity contribution >= 4 is 11.6 Å². The van der Waals surface area contributed by atoms with Crippen molar-refractivity contribution in [3.05, 3.63) is 23.8 Å². The summed E-state index contributed by atoms with van der Waals surface area (Å²) in [5.41, 5.74) is 1.08. The highest BCUT2D eigenvalue weighted by Crippen LogP contribution is 2.34. The number of fused-ring (bicyclic) bond motifs is 1. The van der Waals surface area contributed by atoms with Gasteiger partial charge in [-0.05, 0) is 31.5 Å². The van der Waals surface area contributed by atoms with E-state index in [-0.39, 0.29) is 17.6 Å². The van der Waals surface area contributed by atoms with Gasteiger partial charge in [0.15, 0.2) is 11.5 Å². The average molecular weight is 312 g/mol. The number of morpholine rings is 1. The second-order valence-corrected chi connectivity index (χ2v) is 6.37. The van der Waals surface area contributed by atoms with Crippen LogP contribution in [0.4, 0.5) is 0 Å². The van der Waals surface area contributed by atoms with Crippen molar-refractivity contribution in [1.29, 1.82) is 0 Å². The number of rotatable bonds is 3. The zero-order valence-corrected chi connectivity index (χ0v) is 13.3. The van der Waals surface area contributed by atoms with Gasteiger partial charge in [-0.25, -0.2) is 0 Å². The lowest BCUT2D eigenvalue weighted by atomic mass is 10.1. The van der Waals surface area contributed by atoms with E-state index in [1.165, 1.54) is 0 Å². The number of ether oxygens (including phenoxy) is 3. The van der Waals surface area contributed by atoms with Crippen LogP contribution in [-0.2, 0) is 4.74 Å². The van der Waals surface area contributed by atoms with E-state index in [1.54, 1.807) is 0 Å². The zero-order chi connectivity index (χ0) is 14.8. The molecule has 4 nitrogen and oxygen atoms in total. The number of hydrogen-bond acceptors (Lipinski definition) is 4. The summed E-state index contributed by atoms with van der Waals surface area (Å²) in [7, 11) is 0. The highest BCUT2D eigenvalue weighted by Gasteiger charge is 2.25. The first-order valence-electron chi connectivity index (χ1n) is 7.53. The van der Waals surface area contributed by atoms with E-state index >= 15 is 0 Å². The normalized spacial score (nSPS) is 27.4. The van der Waals surface area contributed by atoms with Crippen LogP contribution in [0.25, 0.3) is 0 Å². The molecule has 1 aromatic carbocycles. The Bertz CT molecular complexity index is 486. The van der Waals surface area contributed by atoms with Gasteiger partial charge in [-0.1, -0.05) is 6.07 Å². The largest absolute Gasteiger partial charge is 0.486 e. The topological polar surface area (TPSA) is 30.9 Å². The lowest BCUT2D eigenvalue weighted by molar-refractivity contribution is -0.0678. The standard InChI is InChI=1S/C16H22ClNO3/c1-11-8-18(9-12(2)21-11)10-14(17)13-3-4-15-16(7-13)20-6-5-19-15/h3-4,7,11-12,14H,5-6,8-10H2,1-2H3. The molecule has 0 saturated carbocycles. The van der Waals surface area contributed by atoms with Gasteiger partial charge >= 0.3 is 0 Å². The van der Waals surface area contributed by atoms with Crippen LogP contribution in [0.15, 0.2) is 18.2 Å². The Balaban J connectivity index is 1.66. The smallest absolute Gasteiger partial charge is 0.161 e. The first kappa shape index (κ1) is 14.9. The number of nitrogens with zero attached hydrogens (tertiary/aromatic N) is 1. The SMILES string of the molecule is CC1CN(CC(Cl)c2ccc3c(c2)OCCO3)CC(C)O1. The zero-order valence-electron chi connectivity index (χ0n) is 12.5. The highest BCUT2D eigenvalue weighted by atomic mass is 35.5. The Labute approximate surface area is 130 Å². The summed E-state index contributed by atoms with van der Waals surface area (Å²) in [6, 6.07) is 5.97. The summed E-state index contributed by atoms with van der Waals surface area (Å²) in [5, 5.41) is -0.0571. The minimum Gasteiger partial charge on any atom is -0.486 e. The van der Waals surface area contributed by atoms with Gasteiger partial charge < -0.3 is 14.2 Å². The molecule has 0 radical (unpaired) electrons. The second-order valence-electron chi connectivity index (χ2n) is 5.85. The summed E-state index contributed by atoms with van der Waals surface area (Å²) in [6.45, 7) is 8.10. The number of hydrogen-bond donors (Lipinski definition) is 0. The monoisotopic (exact) mass is 311 g/mol. The van der Waals surface area contributed by atoms with E-state index in [4.69, 9.17) is 25.8 Å². The van der Waals surface area contributed by atoms with E-state index in [0.717, 1.165) is 36.7 Å². The lowest BCUT2D eigenvalue weighted by Gasteiger charge is -2.36.